The molecule has 0 aromatic carbocycles. The Morgan fingerprint density at radius 2 is 1.75 bits per heavy atom. The maximum absolute atomic E-state index is 11.8. The number of hydrogen-bond acceptors (Lipinski definition) is 2. The van der Waals surface area contributed by atoms with E-state index in [-0.39, 0.29) is 0 Å². The van der Waals surface area contributed by atoms with E-state index in [1.165, 1.54) is 12.8 Å². The van der Waals surface area contributed by atoms with Gasteiger partial charge in [0.25, 0.3) is 0 Å². The normalized spacial score (nSPS) is 21.5. The fourth-order valence-electron chi connectivity index (χ4n) is 2.29. The van der Waals surface area contributed by atoms with Crippen LogP contribution in [0.1, 0.15) is 46.0 Å². The summed E-state index contributed by atoms with van der Waals surface area (Å²) < 4.78 is 5.28. The Balaban J connectivity index is 0.000000606. The third kappa shape index (κ3) is 4.12. The minimum Gasteiger partial charge on any atom is -0.381 e. The maximum Gasteiger partial charge on any atom is 0.222 e. The first kappa shape index (κ1) is 13.5. The van der Waals surface area contributed by atoms with Crippen molar-refractivity contribution >= 4 is 5.91 Å². The molecule has 16 heavy (non-hydrogen) atoms. The lowest BCUT2D eigenvalue weighted by Gasteiger charge is -2.24. The quantitative estimate of drug-likeness (QED) is 0.725. The van der Waals surface area contributed by atoms with Crippen LogP contribution in [0.3, 0.4) is 0 Å². The number of nitrogens with zero attached hydrogens (tertiary/aromatic N) is 1. The standard InChI is InChI=1S/C11H19NO2.C2H6/c13-11(12-5-1-2-6-12)9-10-3-7-14-8-4-10;1-2/h10H,1-9H2;1-2H3. The second-order valence-electron chi connectivity index (χ2n) is 4.35. The summed E-state index contributed by atoms with van der Waals surface area (Å²) in [5, 5.41) is 0. The molecule has 0 aliphatic carbocycles. The van der Waals surface area contributed by atoms with Crippen LogP contribution in [-0.4, -0.2) is 37.1 Å². The van der Waals surface area contributed by atoms with Gasteiger partial charge in [0.2, 0.25) is 5.91 Å². The van der Waals surface area contributed by atoms with Crippen LogP contribution >= 0.6 is 0 Å². The molecule has 3 nitrogen and oxygen atoms in total. The van der Waals surface area contributed by atoms with Crippen molar-refractivity contribution < 1.29 is 9.53 Å². The molecule has 2 fully saturated rings. The maximum atomic E-state index is 11.8. The average molecular weight is 227 g/mol. The van der Waals surface area contributed by atoms with Crippen molar-refractivity contribution in [2.75, 3.05) is 26.3 Å². The third-order valence-electron chi connectivity index (χ3n) is 3.26. The molecule has 1 amide bonds. The molecule has 0 bridgehead atoms. The fourth-order valence-corrected chi connectivity index (χ4v) is 2.29. The summed E-state index contributed by atoms with van der Waals surface area (Å²) in [5.41, 5.74) is 0. The zero-order valence-corrected chi connectivity index (χ0v) is 10.7. The first-order valence-electron chi connectivity index (χ1n) is 6.72. The first-order chi connectivity index (χ1) is 7.86. The molecule has 0 aromatic rings. The van der Waals surface area contributed by atoms with Gasteiger partial charge in [-0.1, -0.05) is 13.8 Å². The SMILES string of the molecule is CC.O=C(CC1CCOCC1)N1CCCC1. The summed E-state index contributed by atoms with van der Waals surface area (Å²) >= 11 is 0. The molecular formula is C13H25NO2. The van der Waals surface area contributed by atoms with Crippen molar-refractivity contribution in [1.82, 2.24) is 4.90 Å². The van der Waals surface area contributed by atoms with E-state index in [2.05, 4.69) is 0 Å². The summed E-state index contributed by atoms with van der Waals surface area (Å²) in [4.78, 5) is 13.8. The summed E-state index contributed by atoms with van der Waals surface area (Å²) in [6, 6.07) is 0. The van der Waals surface area contributed by atoms with Crippen LogP contribution in [0.15, 0.2) is 0 Å². The van der Waals surface area contributed by atoms with Gasteiger partial charge in [0, 0.05) is 32.7 Å². The van der Waals surface area contributed by atoms with Gasteiger partial charge in [-0.05, 0) is 31.6 Å². The molecule has 2 aliphatic rings. The number of rotatable bonds is 2. The van der Waals surface area contributed by atoms with Gasteiger partial charge in [0.1, 0.15) is 0 Å². The van der Waals surface area contributed by atoms with Crippen molar-refractivity contribution in [1.29, 1.82) is 0 Å². The van der Waals surface area contributed by atoms with Gasteiger partial charge < -0.3 is 9.64 Å². The highest BCUT2D eigenvalue weighted by Crippen LogP contribution is 2.20. The summed E-state index contributed by atoms with van der Waals surface area (Å²) in [7, 11) is 0. The van der Waals surface area contributed by atoms with Crippen LogP contribution in [0, 0.1) is 5.92 Å². The van der Waals surface area contributed by atoms with Crippen LogP contribution in [0.4, 0.5) is 0 Å². The van der Waals surface area contributed by atoms with E-state index in [0.29, 0.717) is 11.8 Å². The zero-order valence-electron chi connectivity index (χ0n) is 10.7. The number of likely N-dealkylation sites (tertiary alicyclic amines) is 1. The van der Waals surface area contributed by atoms with Gasteiger partial charge in [-0.15, -0.1) is 0 Å². The van der Waals surface area contributed by atoms with Crippen molar-refractivity contribution in [2.24, 2.45) is 5.92 Å². The molecule has 94 valence electrons. The predicted octanol–water partition coefficient (Wildman–Crippen LogP) is 2.45. The largest absolute Gasteiger partial charge is 0.381 e. The topological polar surface area (TPSA) is 29.5 Å². The lowest BCUT2D eigenvalue weighted by molar-refractivity contribution is -0.131. The van der Waals surface area contributed by atoms with Crippen LogP contribution in [0.2, 0.25) is 0 Å². The van der Waals surface area contributed by atoms with Gasteiger partial charge >= 0.3 is 0 Å². The van der Waals surface area contributed by atoms with E-state index in [4.69, 9.17) is 4.74 Å². The fraction of sp³-hybridized carbons (Fsp3) is 0.923. The van der Waals surface area contributed by atoms with Gasteiger partial charge in [-0.2, -0.15) is 0 Å². The van der Waals surface area contributed by atoms with E-state index < -0.39 is 0 Å². The van der Waals surface area contributed by atoms with Crippen molar-refractivity contribution in [3.8, 4) is 0 Å². The Bertz CT molecular complexity index is 194. The Morgan fingerprint density at radius 3 is 2.31 bits per heavy atom. The first-order valence-corrected chi connectivity index (χ1v) is 6.72. The molecule has 0 aromatic heterocycles. The molecule has 2 aliphatic heterocycles. The van der Waals surface area contributed by atoms with Crippen LogP contribution in [0.25, 0.3) is 0 Å². The lowest BCUT2D eigenvalue weighted by atomic mass is 9.96. The van der Waals surface area contributed by atoms with Crippen molar-refractivity contribution in [2.45, 2.75) is 46.0 Å². The second kappa shape index (κ2) is 7.66. The predicted molar refractivity (Wildman–Crippen MR) is 65.3 cm³/mol. The van der Waals surface area contributed by atoms with Crippen molar-refractivity contribution in [3.63, 3.8) is 0 Å². The number of carbonyl (C=O) groups excluding carboxylic acids is 1. The second-order valence-corrected chi connectivity index (χ2v) is 4.35. The van der Waals surface area contributed by atoms with E-state index in [1.54, 1.807) is 0 Å². The van der Waals surface area contributed by atoms with Crippen LogP contribution < -0.4 is 0 Å². The van der Waals surface area contributed by atoms with E-state index in [0.717, 1.165) is 45.6 Å². The van der Waals surface area contributed by atoms with E-state index in [9.17, 15) is 4.79 Å². The Kier molecular flexibility index (Phi) is 6.46. The number of carbonyl (C=O) groups is 1. The highest BCUT2D eigenvalue weighted by Gasteiger charge is 2.22. The smallest absolute Gasteiger partial charge is 0.222 e. The summed E-state index contributed by atoms with van der Waals surface area (Å²) in [6.07, 6.45) is 5.28. The molecule has 0 spiro atoms. The minimum atomic E-state index is 0.370. The molecule has 0 atom stereocenters. The molecular weight excluding hydrogens is 202 g/mol. The Labute approximate surface area is 99.1 Å². The Morgan fingerprint density at radius 1 is 1.19 bits per heavy atom. The molecule has 2 saturated heterocycles. The number of hydrogen-bond donors (Lipinski definition) is 0. The van der Waals surface area contributed by atoms with Crippen LogP contribution in [-0.2, 0) is 9.53 Å². The van der Waals surface area contributed by atoms with Gasteiger partial charge in [0.15, 0.2) is 0 Å². The summed E-state index contributed by atoms with van der Waals surface area (Å²) in [5.74, 6) is 0.950. The molecule has 0 saturated carbocycles. The van der Waals surface area contributed by atoms with Gasteiger partial charge in [-0.3, -0.25) is 4.79 Å². The zero-order chi connectivity index (χ0) is 11.8. The number of ether oxygens (including phenoxy) is 1. The molecule has 0 unspecified atom stereocenters. The monoisotopic (exact) mass is 227 g/mol. The molecule has 0 radical (unpaired) electrons. The van der Waals surface area contributed by atoms with E-state index in [1.807, 2.05) is 18.7 Å². The van der Waals surface area contributed by atoms with Crippen molar-refractivity contribution in [3.05, 3.63) is 0 Å². The molecule has 0 N–H and O–H groups in total. The lowest BCUT2D eigenvalue weighted by Crippen LogP contribution is -2.30. The van der Waals surface area contributed by atoms with E-state index >= 15 is 0 Å². The summed E-state index contributed by atoms with van der Waals surface area (Å²) in [6.45, 7) is 7.67. The highest BCUT2D eigenvalue weighted by molar-refractivity contribution is 5.76. The van der Waals surface area contributed by atoms with Gasteiger partial charge in [0.05, 0.1) is 0 Å². The average Bonchev–Trinajstić information content (AvgIpc) is 2.86. The minimum absolute atomic E-state index is 0.370. The molecule has 2 rings (SSSR count). The third-order valence-corrected chi connectivity index (χ3v) is 3.26. The Hall–Kier alpha value is -0.570. The molecule has 2 heterocycles. The van der Waals surface area contributed by atoms with Crippen LogP contribution in [0.5, 0.6) is 0 Å². The van der Waals surface area contributed by atoms with Gasteiger partial charge in [-0.25, -0.2) is 0 Å². The highest BCUT2D eigenvalue weighted by atomic mass is 16.5. The molecule has 3 heteroatoms. The number of amides is 1.